The van der Waals surface area contributed by atoms with E-state index in [2.05, 4.69) is 5.32 Å². The molecule has 0 saturated carbocycles. The van der Waals surface area contributed by atoms with E-state index in [1.54, 1.807) is 24.3 Å². The average molecular weight is 581 g/mol. The number of aliphatic carboxylic acids is 4. The molecule has 228 valence electrons. The molecule has 0 aliphatic rings. The van der Waals surface area contributed by atoms with Crippen molar-refractivity contribution in [1.29, 1.82) is 0 Å². The van der Waals surface area contributed by atoms with Crippen LogP contribution in [0.2, 0.25) is 0 Å². The summed E-state index contributed by atoms with van der Waals surface area (Å²) < 4.78 is 0. The van der Waals surface area contributed by atoms with E-state index >= 15 is 0 Å². The number of carboxylic acid groups (broad SMARTS) is 4. The summed E-state index contributed by atoms with van der Waals surface area (Å²) in [6, 6.07) is 6.26. The van der Waals surface area contributed by atoms with Crippen molar-refractivity contribution in [3.05, 3.63) is 29.8 Å². The van der Waals surface area contributed by atoms with E-state index < -0.39 is 56.1 Å². The lowest BCUT2D eigenvalue weighted by Gasteiger charge is -2.34. The molecule has 1 rings (SSSR count). The lowest BCUT2D eigenvalue weighted by molar-refractivity contribution is -0.143. The Labute approximate surface area is 238 Å². The van der Waals surface area contributed by atoms with Crippen LogP contribution in [-0.2, 0) is 35.2 Å². The van der Waals surface area contributed by atoms with Gasteiger partial charge in [-0.25, -0.2) is 0 Å². The van der Waals surface area contributed by atoms with Crippen LogP contribution < -0.4 is 5.32 Å². The van der Waals surface area contributed by atoms with Gasteiger partial charge in [0.1, 0.15) is 6.29 Å². The molecule has 0 heterocycles. The van der Waals surface area contributed by atoms with Crippen molar-refractivity contribution in [3.8, 4) is 0 Å². The van der Waals surface area contributed by atoms with Gasteiger partial charge in [0.2, 0.25) is 5.91 Å². The molecule has 1 aromatic rings. The number of nitrogens with one attached hydrogen (secondary N) is 1. The Bertz CT molecular complexity index is 1000. The monoisotopic (exact) mass is 580 g/mol. The first-order valence-electron chi connectivity index (χ1n) is 13.3. The third kappa shape index (κ3) is 16.1. The average Bonchev–Trinajstić information content (AvgIpc) is 2.86. The summed E-state index contributed by atoms with van der Waals surface area (Å²) in [5, 5.41) is 39.9. The predicted octanol–water partition coefficient (Wildman–Crippen LogP) is 0.560. The minimum Gasteiger partial charge on any atom is -0.480 e. The van der Waals surface area contributed by atoms with Gasteiger partial charge in [-0.1, -0.05) is 31.9 Å². The standard InChI is InChI=1S/C27H40N4O10/c1-2-3-4-5-23(33)28-21-8-6-20(7-9-21)14-22(31(12-13-32)19-27(40)41)15-29(16-24(34)35)10-11-30(17-25(36)37)18-26(38)39/h6-9,13,22H,2-5,10-12,14-19H2,1H3,(H,28,33)(H,34,35)(H,36,37)(H,38,39)(H,40,41). The Hall–Kier alpha value is -3.88. The fourth-order valence-electron chi connectivity index (χ4n) is 4.28. The number of carbonyl (C=O) groups excluding carboxylic acids is 2. The Morgan fingerprint density at radius 2 is 1.34 bits per heavy atom. The summed E-state index contributed by atoms with van der Waals surface area (Å²) in [6.07, 6.45) is 3.93. The molecule has 1 amide bonds. The maximum atomic E-state index is 12.1. The van der Waals surface area contributed by atoms with Gasteiger partial charge in [-0.05, 0) is 30.5 Å². The summed E-state index contributed by atoms with van der Waals surface area (Å²) in [6.45, 7) is -0.360. The number of rotatable bonds is 23. The highest BCUT2D eigenvalue weighted by Crippen LogP contribution is 2.16. The Morgan fingerprint density at radius 1 is 0.805 bits per heavy atom. The molecule has 1 unspecified atom stereocenters. The summed E-state index contributed by atoms with van der Waals surface area (Å²) in [5.41, 5.74) is 1.33. The normalized spacial score (nSPS) is 11.9. The van der Waals surface area contributed by atoms with Crippen molar-refractivity contribution in [2.75, 3.05) is 57.7 Å². The molecule has 0 aliphatic heterocycles. The highest BCUT2D eigenvalue weighted by Gasteiger charge is 2.25. The molecule has 5 N–H and O–H groups in total. The van der Waals surface area contributed by atoms with Gasteiger partial charge in [0, 0.05) is 37.8 Å². The summed E-state index contributed by atoms with van der Waals surface area (Å²) in [7, 11) is 0. The lowest BCUT2D eigenvalue weighted by Crippen LogP contribution is -2.50. The minimum absolute atomic E-state index is 0.00266. The molecule has 0 aromatic heterocycles. The summed E-state index contributed by atoms with van der Waals surface area (Å²) in [4.78, 5) is 72.9. The van der Waals surface area contributed by atoms with Gasteiger partial charge in [-0.3, -0.25) is 38.7 Å². The molecule has 0 aliphatic carbocycles. The number of amides is 1. The third-order valence-electron chi connectivity index (χ3n) is 6.16. The fourth-order valence-corrected chi connectivity index (χ4v) is 4.28. The molecule has 41 heavy (non-hydrogen) atoms. The van der Waals surface area contributed by atoms with E-state index in [-0.39, 0.29) is 38.5 Å². The fraction of sp³-hybridized carbons (Fsp3) is 0.556. The second-order valence-electron chi connectivity index (χ2n) is 9.68. The summed E-state index contributed by atoms with van der Waals surface area (Å²) >= 11 is 0. The maximum Gasteiger partial charge on any atom is 0.317 e. The van der Waals surface area contributed by atoms with Crippen LogP contribution in [0.4, 0.5) is 5.69 Å². The number of nitrogens with zero attached hydrogens (tertiary/aromatic N) is 3. The quantitative estimate of drug-likeness (QED) is 0.0887. The zero-order chi connectivity index (χ0) is 30.8. The molecule has 0 fully saturated rings. The van der Waals surface area contributed by atoms with Crippen LogP contribution in [0.15, 0.2) is 24.3 Å². The third-order valence-corrected chi connectivity index (χ3v) is 6.16. The smallest absolute Gasteiger partial charge is 0.317 e. The Kier molecular flexibility index (Phi) is 16.5. The van der Waals surface area contributed by atoms with E-state index in [9.17, 15) is 39.0 Å². The Morgan fingerprint density at radius 3 is 1.85 bits per heavy atom. The van der Waals surface area contributed by atoms with E-state index in [1.165, 1.54) is 9.80 Å². The van der Waals surface area contributed by atoms with Crippen molar-refractivity contribution >= 4 is 41.8 Å². The second-order valence-corrected chi connectivity index (χ2v) is 9.68. The van der Waals surface area contributed by atoms with Crippen molar-refractivity contribution in [3.63, 3.8) is 0 Å². The summed E-state index contributed by atoms with van der Waals surface area (Å²) in [5.74, 6) is -4.96. The number of carboxylic acids is 4. The van der Waals surface area contributed by atoms with Crippen LogP contribution in [0.25, 0.3) is 0 Å². The molecule has 0 saturated heterocycles. The molecular formula is C27H40N4O10. The number of hydrogen-bond acceptors (Lipinski definition) is 9. The van der Waals surface area contributed by atoms with Gasteiger partial charge in [-0.2, -0.15) is 0 Å². The van der Waals surface area contributed by atoms with Crippen LogP contribution in [-0.4, -0.2) is 130 Å². The highest BCUT2D eigenvalue weighted by atomic mass is 16.4. The topological polar surface area (TPSA) is 205 Å². The first-order chi connectivity index (χ1) is 19.4. The lowest BCUT2D eigenvalue weighted by atomic mass is 10.0. The zero-order valence-corrected chi connectivity index (χ0v) is 23.2. The largest absolute Gasteiger partial charge is 0.480 e. The van der Waals surface area contributed by atoms with Crippen LogP contribution in [0, 0.1) is 0 Å². The number of benzene rings is 1. The van der Waals surface area contributed by atoms with E-state index in [0.717, 1.165) is 29.7 Å². The zero-order valence-electron chi connectivity index (χ0n) is 23.2. The minimum atomic E-state index is -1.24. The van der Waals surface area contributed by atoms with Gasteiger partial charge in [0.05, 0.1) is 32.7 Å². The number of anilines is 1. The van der Waals surface area contributed by atoms with Crippen LogP contribution >= 0.6 is 0 Å². The van der Waals surface area contributed by atoms with Gasteiger partial charge in [0.15, 0.2) is 0 Å². The number of aldehydes is 1. The first-order valence-corrected chi connectivity index (χ1v) is 13.3. The Balaban J connectivity index is 3.12. The molecule has 1 atom stereocenters. The molecule has 14 nitrogen and oxygen atoms in total. The molecular weight excluding hydrogens is 540 g/mol. The predicted molar refractivity (Wildman–Crippen MR) is 148 cm³/mol. The van der Waals surface area contributed by atoms with Crippen LogP contribution in [0.1, 0.15) is 38.2 Å². The maximum absolute atomic E-state index is 12.1. The van der Waals surface area contributed by atoms with Crippen molar-refractivity contribution in [2.24, 2.45) is 0 Å². The van der Waals surface area contributed by atoms with Crippen molar-refractivity contribution in [1.82, 2.24) is 14.7 Å². The van der Waals surface area contributed by atoms with Crippen LogP contribution in [0.3, 0.4) is 0 Å². The van der Waals surface area contributed by atoms with Crippen molar-refractivity contribution < 1.29 is 49.2 Å². The highest BCUT2D eigenvalue weighted by molar-refractivity contribution is 5.90. The molecule has 0 bridgehead atoms. The first kappa shape index (κ1) is 35.1. The van der Waals surface area contributed by atoms with Gasteiger partial charge in [-0.15, -0.1) is 0 Å². The van der Waals surface area contributed by atoms with Crippen LogP contribution in [0.5, 0.6) is 0 Å². The van der Waals surface area contributed by atoms with Gasteiger partial charge < -0.3 is 30.5 Å². The molecule has 0 spiro atoms. The molecule has 0 radical (unpaired) electrons. The van der Waals surface area contributed by atoms with E-state index in [4.69, 9.17) is 10.2 Å². The van der Waals surface area contributed by atoms with E-state index in [1.807, 2.05) is 6.92 Å². The number of hydrogen-bond donors (Lipinski definition) is 5. The van der Waals surface area contributed by atoms with Gasteiger partial charge >= 0.3 is 23.9 Å². The second kappa shape index (κ2) is 19.2. The SMILES string of the molecule is CCCCCC(=O)Nc1ccc(CC(CN(CCN(CC(=O)O)CC(=O)O)CC(=O)O)N(CC=O)CC(=O)O)cc1. The number of unbranched alkanes of at least 4 members (excludes halogenated alkanes) is 2. The van der Waals surface area contributed by atoms with Gasteiger partial charge in [0.25, 0.3) is 0 Å². The van der Waals surface area contributed by atoms with Crippen molar-refractivity contribution in [2.45, 2.75) is 45.1 Å². The van der Waals surface area contributed by atoms with E-state index in [0.29, 0.717) is 18.4 Å². The number of carbonyl (C=O) groups is 6. The molecule has 1 aromatic carbocycles. The molecule has 14 heteroatoms.